The summed E-state index contributed by atoms with van der Waals surface area (Å²) in [4.78, 5) is 14.3. The van der Waals surface area contributed by atoms with E-state index in [1.807, 2.05) is 45.9 Å². The summed E-state index contributed by atoms with van der Waals surface area (Å²) in [6, 6.07) is 11.2. The second kappa shape index (κ2) is 8.19. The van der Waals surface area contributed by atoms with Crippen molar-refractivity contribution >= 4 is 29.3 Å². The summed E-state index contributed by atoms with van der Waals surface area (Å²) in [7, 11) is 0. The van der Waals surface area contributed by atoms with Gasteiger partial charge in [0.05, 0.1) is 18.6 Å². The van der Waals surface area contributed by atoms with E-state index in [0.717, 1.165) is 43.1 Å². The molecule has 0 bridgehead atoms. The molecule has 1 fully saturated rings. The quantitative estimate of drug-likeness (QED) is 0.584. The van der Waals surface area contributed by atoms with E-state index < -0.39 is 0 Å². The molecule has 1 saturated heterocycles. The van der Waals surface area contributed by atoms with Crippen LogP contribution in [0.1, 0.15) is 18.6 Å². The number of furan rings is 1. The maximum atomic E-state index is 12.4. The lowest BCUT2D eigenvalue weighted by molar-refractivity contribution is -0.127. The van der Waals surface area contributed by atoms with Crippen LogP contribution in [0.5, 0.6) is 0 Å². The summed E-state index contributed by atoms with van der Waals surface area (Å²) in [5.41, 5.74) is 0.913. The summed E-state index contributed by atoms with van der Waals surface area (Å²) in [6.07, 6.45) is 3.82. The largest absolute Gasteiger partial charge is 0.467 e. The molecule has 0 saturated carbocycles. The standard InChI is InChI=1S/C19H19ClN4O2S/c20-15-7-5-14(6-8-15)18-21-22-19(24(18)12-16-4-3-11-26-16)27-13-17(25)23-9-1-2-10-23/h3-8,11H,1-2,9-10,12-13H2. The first-order valence-corrected chi connectivity index (χ1v) is 10.2. The Labute approximate surface area is 166 Å². The number of halogens is 1. The predicted molar refractivity (Wildman–Crippen MR) is 105 cm³/mol. The number of hydrogen-bond donors (Lipinski definition) is 0. The number of rotatable bonds is 6. The molecule has 3 aromatic rings. The number of carbonyl (C=O) groups excluding carboxylic acids is 1. The summed E-state index contributed by atoms with van der Waals surface area (Å²) >= 11 is 7.41. The number of likely N-dealkylation sites (tertiary alicyclic amines) is 1. The van der Waals surface area contributed by atoms with Gasteiger partial charge in [-0.15, -0.1) is 10.2 Å². The highest BCUT2D eigenvalue weighted by Gasteiger charge is 2.21. The Morgan fingerprint density at radius 2 is 1.93 bits per heavy atom. The van der Waals surface area contributed by atoms with Crippen LogP contribution in [0.2, 0.25) is 5.02 Å². The second-order valence-corrected chi connectivity index (χ2v) is 7.73. The maximum Gasteiger partial charge on any atom is 0.233 e. The third-order valence-corrected chi connectivity index (χ3v) is 5.70. The van der Waals surface area contributed by atoms with Crippen molar-refractivity contribution in [2.45, 2.75) is 24.5 Å². The monoisotopic (exact) mass is 402 g/mol. The third-order valence-electron chi connectivity index (χ3n) is 4.50. The highest BCUT2D eigenvalue weighted by molar-refractivity contribution is 7.99. The fraction of sp³-hybridized carbons (Fsp3) is 0.316. The molecule has 3 heterocycles. The number of thioether (sulfide) groups is 1. The second-order valence-electron chi connectivity index (χ2n) is 6.36. The van der Waals surface area contributed by atoms with Gasteiger partial charge in [0.25, 0.3) is 0 Å². The Hall–Kier alpha value is -2.25. The van der Waals surface area contributed by atoms with Crippen molar-refractivity contribution < 1.29 is 9.21 Å². The van der Waals surface area contributed by atoms with Gasteiger partial charge >= 0.3 is 0 Å². The van der Waals surface area contributed by atoms with Gasteiger partial charge in [-0.3, -0.25) is 9.36 Å². The lowest BCUT2D eigenvalue weighted by Crippen LogP contribution is -2.29. The lowest BCUT2D eigenvalue weighted by Gasteiger charge is -2.14. The van der Waals surface area contributed by atoms with Crippen LogP contribution in [0.15, 0.2) is 52.2 Å². The zero-order chi connectivity index (χ0) is 18.6. The molecule has 0 aliphatic carbocycles. The molecule has 4 rings (SSSR count). The number of aromatic nitrogens is 3. The zero-order valence-corrected chi connectivity index (χ0v) is 16.2. The van der Waals surface area contributed by atoms with Crippen LogP contribution in [-0.4, -0.2) is 44.4 Å². The fourth-order valence-corrected chi connectivity index (χ4v) is 4.06. The van der Waals surface area contributed by atoms with Crippen LogP contribution in [0.4, 0.5) is 0 Å². The lowest BCUT2D eigenvalue weighted by atomic mass is 10.2. The van der Waals surface area contributed by atoms with Gasteiger partial charge in [0, 0.05) is 23.7 Å². The molecule has 0 radical (unpaired) electrons. The van der Waals surface area contributed by atoms with Crippen molar-refractivity contribution in [2.24, 2.45) is 0 Å². The van der Waals surface area contributed by atoms with E-state index in [4.69, 9.17) is 16.0 Å². The van der Waals surface area contributed by atoms with E-state index >= 15 is 0 Å². The molecule has 0 atom stereocenters. The summed E-state index contributed by atoms with van der Waals surface area (Å²) < 4.78 is 7.47. The average Bonchev–Trinajstić information content (AvgIpc) is 3.44. The molecule has 140 valence electrons. The Balaban J connectivity index is 1.58. The molecule has 1 aliphatic rings. The number of carbonyl (C=O) groups is 1. The van der Waals surface area contributed by atoms with Crippen molar-refractivity contribution in [3.8, 4) is 11.4 Å². The molecule has 27 heavy (non-hydrogen) atoms. The van der Waals surface area contributed by atoms with E-state index in [9.17, 15) is 4.79 Å². The van der Waals surface area contributed by atoms with Crippen molar-refractivity contribution in [1.29, 1.82) is 0 Å². The van der Waals surface area contributed by atoms with Gasteiger partial charge in [-0.1, -0.05) is 23.4 Å². The summed E-state index contributed by atoms with van der Waals surface area (Å²) in [5, 5.41) is 10.0. The number of hydrogen-bond acceptors (Lipinski definition) is 5. The number of nitrogens with zero attached hydrogens (tertiary/aromatic N) is 4. The van der Waals surface area contributed by atoms with Crippen LogP contribution in [0.3, 0.4) is 0 Å². The molecule has 1 amide bonds. The van der Waals surface area contributed by atoms with Crippen LogP contribution in [-0.2, 0) is 11.3 Å². The zero-order valence-electron chi connectivity index (χ0n) is 14.7. The Morgan fingerprint density at radius 1 is 1.15 bits per heavy atom. The van der Waals surface area contributed by atoms with Crippen molar-refractivity contribution in [1.82, 2.24) is 19.7 Å². The van der Waals surface area contributed by atoms with Crippen molar-refractivity contribution in [3.63, 3.8) is 0 Å². The molecule has 0 unspecified atom stereocenters. The third kappa shape index (κ3) is 4.20. The minimum Gasteiger partial charge on any atom is -0.467 e. The molecule has 0 N–H and O–H groups in total. The Morgan fingerprint density at radius 3 is 2.63 bits per heavy atom. The normalized spacial score (nSPS) is 14.0. The van der Waals surface area contributed by atoms with Gasteiger partial charge in [-0.2, -0.15) is 0 Å². The smallest absolute Gasteiger partial charge is 0.233 e. The average molecular weight is 403 g/mol. The Kier molecular flexibility index (Phi) is 5.50. The molecule has 1 aromatic carbocycles. The van der Waals surface area contributed by atoms with Gasteiger partial charge in [-0.25, -0.2) is 0 Å². The van der Waals surface area contributed by atoms with E-state index in [2.05, 4.69) is 10.2 Å². The van der Waals surface area contributed by atoms with Crippen molar-refractivity contribution in [3.05, 3.63) is 53.4 Å². The molecule has 2 aromatic heterocycles. The molecular formula is C19H19ClN4O2S. The fourth-order valence-electron chi connectivity index (χ4n) is 3.09. The minimum absolute atomic E-state index is 0.151. The molecule has 0 spiro atoms. The van der Waals surface area contributed by atoms with Crippen LogP contribution >= 0.6 is 23.4 Å². The maximum absolute atomic E-state index is 12.4. The van der Waals surface area contributed by atoms with E-state index in [1.54, 1.807) is 6.26 Å². The first kappa shape index (κ1) is 18.1. The minimum atomic E-state index is 0.151. The van der Waals surface area contributed by atoms with Crippen LogP contribution < -0.4 is 0 Å². The van der Waals surface area contributed by atoms with E-state index in [-0.39, 0.29) is 5.91 Å². The van der Waals surface area contributed by atoms with Crippen LogP contribution in [0, 0.1) is 0 Å². The predicted octanol–water partition coefficient (Wildman–Crippen LogP) is 3.95. The summed E-state index contributed by atoms with van der Waals surface area (Å²) in [5.74, 6) is 2.03. The van der Waals surface area contributed by atoms with E-state index in [0.29, 0.717) is 22.5 Å². The van der Waals surface area contributed by atoms with Gasteiger partial charge in [0.1, 0.15) is 5.76 Å². The van der Waals surface area contributed by atoms with Gasteiger partial charge in [0.15, 0.2) is 11.0 Å². The topological polar surface area (TPSA) is 64.2 Å². The molecule has 8 heteroatoms. The Bertz CT molecular complexity index is 902. The first-order valence-electron chi connectivity index (χ1n) is 8.83. The molecular weight excluding hydrogens is 384 g/mol. The first-order chi connectivity index (χ1) is 13.2. The van der Waals surface area contributed by atoms with Crippen molar-refractivity contribution in [2.75, 3.05) is 18.8 Å². The molecule has 6 nitrogen and oxygen atoms in total. The number of amides is 1. The number of benzene rings is 1. The highest BCUT2D eigenvalue weighted by Crippen LogP contribution is 2.27. The molecule has 1 aliphatic heterocycles. The highest BCUT2D eigenvalue weighted by atomic mass is 35.5. The van der Waals surface area contributed by atoms with E-state index in [1.165, 1.54) is 11.8 Å². The van der Waals surface area contributed by atoms with Gasteiger partial charge < -0.3 is 9.32 Å². The SMILES string of the molecule is O=C(CSc1nnc(-c2ccc(Cl)cc2)n1Cc1ccco1)N1CCCC1. The summed E-state index contributed by atoms with van der Waals surface area (Å²) in [6.45, 7) is 2.21. The van der Waals surface area contributed by atoms with Gasteiger partial charge in [-0.05, 0) is 49.2 Å². The van der Waals surface area contributed by atoms with Crippen LogP contribution in [0.25, 0.3) is 11.4 Å². The van der Waals surface area contributed by atoms with Gasteiger partial charge in [0.2, 0.25) is 5.91 Å².